The van der Waals surface area contributed by atoms with Crippen molar-refractivity contribution in [3.05, 3.63) is 108 Å². The quantitative estimate of drug-likeness (QED) is 0.174. The highest BCUT2D eigenvalue weighted by atomic mass is 19.4. The number of amides is 2. The van der Waals surface area contributed by atoms with E-state index in [4.69, 9.17) is 4.74 Å². The van der Waals surface area contributed by atoms with Crippen molar-refractivity contribution in [2.75, 3.05) is 10.6 Å². The number of hydrogen-bond acceptors (Lipinski definition) is 5. The van der Waals surface area contributed by atoms with Crippen LogP contribution in [-0.4, -0.2) is 23.8 Å². The van der Waals surface area contributed by atoms with Crippen LogP contribution in [0.4, 0.5) is 24.5 Å². The van der Waals surface area contributed by atoms with Gasteiger partial charge in [-0.1, -0.05) is 54.6 Å². The molecule has 7 nitrogen and oxygen atoms in total. The van der Waals surface area contributed by atoms with Gasteiger partial charge in [-0.15, -0.1) is 0 Å². The first-order valence-corrected chi connectivity index (χ1v) is 13.2. The van der Waals surface area contributed by atoms with Crippen LogP contribution in [0.5, 0.6) is 0 Å². The number of esters is 2. The van der Waals surface area contributed by atoms with Crippen LogP contribution in [0, 0.1) is 0 Å². The molecule has 0 atom stereocenters. The SMILES string of the molecule is CC(=O)Nc1ccc(-c2ccccc2)c(CC(=O)OC(=O)Cc2cc(NC(C)=O)ccc2-c2ccc(C(F)(F)F)cc2)c1. The molecule has 4 aromatic carbocycles. The summed E-state index contributed by atoms with van der Waals surface area (Å²) in [5, 5.41) is 5.28. The van der Waals surface area contributed by atoms with E-state index in [-0.39, 0.29) is 18.2 Å². The predicted molar refractivity (Wildman–Crippen MR) is 156 cm³/mol. The lowest BCUT2D eigenvalue weighted by Crippen LogP contribution is -2.17. The fourth-order valence-electron chi connectivity index (χ4n) is 4.57. The van der Waals surface area contributed by atoms with Gasteiger partial charge in [-0.25, -0.2) is 0 Å². The van der Waals surface area contributed by atoms with Crippen molar-refractivity contribution in [3.8, 4) is 22.3 Å². The minimum Gasteiger partial charge on any atom is -0.393 e. The molecule has 0 aliphatic heterocycles. The molecule has 0 spiro atoms. The van der Waals surface area contributed by atoms with Gasteiger partial charge in [-0.3, -0.25) is 19.2 Å². The first-order valence-electron chi connectivity index (χ1n) is 13.2. The zero-order valence-electron chi connectivity index (χ0n) is 23.2. The number of nitrogens with one attached hydrogen (secondary N) is 2. The van der Waals surface area contributed by atoms with Crippen LogP contribution < -0.4 is 10.6 Å². The number of ether oxygens (including phenoxy) is 1. The first kappa shape index (κ1) is 30.7. The van der Waals surface area contributed by atoms with Crippen molar-refractivity contribution in [2.24, 2.45) is 0 Å². The lowest BCUT2D eigenvalue weighted by atomic mass is 9.96. The van der Waals surface area contributed by atoms with E-state index >= 15 is 0 Å². The summed E-state index contributed by atoms with van der Waals surface area (Å²) >= 11 is 0. The monoisotopic (exact) mass is 588 g/mol. The van der Waals surface area contributed by atoms with E-state index in [1.807, 2.05) is 30.3 Å². The van der Waals surface area contributed by atoms with Gasteiger partial charge in [-0.05, 0) is 69.8 Å². The maximum Gasteiger partial charge on any atom is 0.416 e. The van der Waals surface area contributed by atoms with Gasteiger partial charge in [0, 0.05) is 25.2 Å². The average Bonchev–Trinajstić information content (AvgIpc) is 2.92. The number of rotatable bonds is 8. The molecule has 0 saturated heterocycles. The molecule has 0 unspecified atom stereocenters. The third-order valence-corrected chi connectivity index (χ3v) is 6.36. The number of anilines is 2. The Bertz CT molecular complexity index is 1670. The van der Waals surface area contributed by atoms with Crippen LogP contribution in [0.1, 0.15) is 30.5 Å². The molecule has 0 fully saturated rings. The predicted octanol–water partition coefficient (Wildman–Crippen LogP) is 6.81. The van der Waals surface area contributed by atoms with Crippen LogP contribution in [0.25, 0.3) is 22.3 Å². The van der Waals surface area contributed by atoms with Crippen molar-refractivity contribution in [1.29, 1.82) is 0 Å². The molecule has 43 heavy (non-hydrogen) atoms. The van der Waals surface area contributed by atoms with E-state index in [9.17, 15) is 32.3 Å². The largest absolute Gasteiger partial charge is 0.416 e. The standard InChI is InChI=1S/C33H27F3N2O5/c1-20(39)37-27-12-14-29(22-6-4-3-5-7-22)24(16-27)18-31(41)43-32(42)19-25-17-28(38-21(2)40)13-15-30(25)23-8-10-26(11-9-23)33(34,35)36/h3-17H,18-19H2,1-2H3,(H,37,39)(H,38,40). The summed E-state index contributed by atoms with van der Waals surface area (Å²) in [5.74, 6) is -2.38. The normalized spacial score (nSPS) is 11.0. The van der Waals surface area contributed by atoms with Gasteiger partial charge in [0.05, 0.1) is 18.4 Å². The van der Waals surface area contributed by atoms with Crippen LogP contribution in [0.15, 0.2) is 91.0 Å². The topological polar surface area (TPSA) is 102 Å². The molecule has 4 aromatic rings. The molecular weight excluding hydrogens is 561 g/mol. The van der Waals surface area contributed by atoms with Crippen molar-refractivity contribution < 1.29 is 37.1 Å². The summed E-state index contributed by atoms with van der Waals surface area (Å²) < 4.78 is 44.4. The molecule has 220 valence electrons. The number of carbonyl (C=O) groups excluding carboxylic acids is 4. The van der Waals surface area contributed by atoms with Crippen LogP contribution in [-0.2, 0) is 42.9 Å². The van der Waals surface area contributed by atoms with Gasteiger partial charge >= 0.3 is 18.1 Å². The van der Waals surface area contributed by atoms with Gasteiger partial charge < -0.3 is 15.4 Å². The number of benzene rings is 4. The van der Waals surface area contributed by atoms with Crippen molar-refractivity contribution >= 4 is 35.1 Å². The van der Waals surface area contributed by atoms with Gasteiger partial charge in [0.15, 0.2) is 0 Å². The Morgan fingerprint density at radius 1 is 0.628 bits per heavy atom. The molecule has 0 heterocycles. The van der Waals surface area contributed by atoms with Gasteiger partial charge in [0.25, 0.3) is 0 Å². The first-order chi connectivity index (χ1) is 20.4. The zero-order chi connectivity index (χ0) is 31.1. The third-order valence-electron chi connectivity index (χ3n) is 6.36. The lowest BCUT2D eigenvalue weighted by Gasteiger charge is -2.14. The van der Waals surface area contributed by atoms with Gasteiger partial charge in [0.2, 0.25) is 11.8 Å². The Labute approximate surface area is 245 Å². The Morgan fingerprint density at radius 3 is 1.49 bits per heavy atom. The van der Waals surface area contributed by atoms with Crippen LogP contribution in [0.3, 0.4) is 0 Å². The second kappa shape index (κ2) is 13.2. The Kier molecular flexibility index (Phi) is 9.39. The highest BCUT2D eigenvalue weighted by molar-refractivity contribution is 5.93. The molecule has 2 amide bonds. The minimum absolute atomic E-state index is 0.277. The summed E-state index contributed by atoms with van der Waals surface area (Å²) in [7, 11) is 0. The molecule has 0 bridgehead atoms. The molecule has 0 aliphatic rings. The summed E-state index contributed by atoms with van der Waals surface area (Å²) in [6, 6.07) is 23.4. The second-order valence-corrected chi connectivity index (χ2v) is 9.75. The number of carbonyl (C=O) groups is 4. The fraction of sp³-hybridized carbons (Fsp3) is 0.152. The lowest BCUT2D eigenvalue weighted by molar-refractivity contribution is -0.158. The molecule has 0 aromatic heterocycles. The maximum atomic E-state index is 13.1. The third kappa shape index (κ3) is 8.38. The smallest absolute Gasteiger partial charge is 0.393 e. The minimum atomic E-state index is -4.51. The Hall–Kier alpha value is -5.25. The Balaban J connectivity index is 1.57. The fourth-order valence-corrected chi connectivity index (χ4v) is 4.57. The molecule has 0 saturated carbocycles. The molecular formula is C33H27F3N2O5. The van der Waals surface area contributed by atoms with E-state index in [1.165, 1.54) is 32.0 Å². The molecule has 0 aliphatic carbocycles. The van der Waals surface area contributed by atoms with E-state index in [0.29, 0.717) is 39.2 Å². The highest BCUT2D eigenvalue weighted by Gasteiger charge is 2.30. The summed E-state index contributed by atoms with van der Waals surface area (Å²) in [4.78, 5) is 49.0. The average molecular weight is 589 g/mol. The molecule has 10 heteroatoms. The van der Waals surface area contributed by atoms with Crippen LogP contribution in [0.2, 0.25) is 0 Å². The van der Waals surface area contributed by atoms with Crippen molar-refractivity contribution in [1.82, 2.24) is 0 Å². The summed E-state index contributed by atoms with van der Waals surface area (Å²) in [6.07, 6.45) is -5.18. The zero-order valence-corrected chi connectivity index (χ0v) is 23.2. The second-order valence-electron chi connectivity index (χ2n) is 9.75. The molecule has 0 radical (unpaired) electrons. The van der Waals surface area contributed by atoms with Crippen molar-refractivity contribution in [3.63, 3.8) is 0 Å². The molecule has 2 N–H and O–H groups in total. The van der Waals surface area contributed by atoms with E-state index in [1.54, 1.807) is 30.3 Å². The van der Waals surface area contributed by atoms with Gasteiger partial charge in [0.1, 0.15) is 0 Å². The summed E-state index contributed by atoms with van der Waals surface area (Å²) in [6.45, 7) is 2.67. The number of hydrogen-bond donors (Lipinski definition) is 2. The Morgan fingerprint density at radius 2 is 1.07 bits per heavy atom. The van der Waals surface area contributed by atoms with Crippen molar-refractivity contribution in [2.45, 2.75) is 32.9 Å². The number of alkyl halides is 3. The van der Waals surface area contributed by atoms with E-state index in [2.05, 4.69) is 10.6 Å². The van der Waals surface area contributed by atoms with Crippen LogP contribution >= 0.6 is 0 Å². The maximum absolute atomic E-state index is 13.1. The summed E-state index contributed by atoms with van der Waals surface area (Å²) in [5.41, 5.74) is 3.23. The van der Waals surface area contributed by atoms with E-state index < -0.39 is 30.1 Å². The number of halogens is 3. The van der Waals surface area contributed by atoms with E-state index in [0.717, 1.165) is 17.7 Å². The molecule has 4 rings (SSSR count). The highest BCUT2D eigenvalue weighted by Crippen LogP contribution is 2.33. The van der Waals surface area contributed by atoms with Gasteiger partial charge in [-0.2, -0.15) is 13.2 Å².